The normalized spacial score (nSPS) is 12.1. The summed E-state index contributed by atoms with van der Waals surface area (Å²) in [7, 11) is 0. The zero-order valence-corrected chi connectivity index (χ0v) is 8.10. The molecule has 0 unspecified atom stereocenters. The van der Waals surface area contributed by atoms with Gasteiger partial charge in [-0.15, -0.1) is 0 Å². The van der Waals surface area contributed by atoms with E-state index < -0.39 is 6.10 Å². The Morgan fingerprint density at radius 3 is 2.57 bits per heavy atom. The first kappa shape index (κ1) is 10.7. The molecule has 3 nitrogen and oxygen atoms in total. The number of carbonyl (C=O) groups excluding carboxylic acids is 1. The Labute approximate surface area is 83.3 Å². The molecule has 0 fully saturated rings. The Morgan fingerprint density at radius 1 is 1.36 bits per heavy atom. The van der Waals surface area contributed by atoms with Crippen LogP contribution in [0.25, 0.3) is 0 Å². The van der Waals surface area contributed by atoms with Gasteiger partial charge < -0.3 is 4.74 Å². The van der Waals surface area contributed by atoms with Gasteiger partial charge in [-0.1, -0.05) is 18.2 Å². The van der Waals surface area contributed by atoms with Crippen LogP contribution in [0.5, 0.6) is 5.75 Å². The molecule has 0 bridgehead atoms. The second-order valence-corrected chi connectivity index (χ2v) is 3.15. The number of Topliss-reactive ketones (excluding diaryl/α,β-unsaturated/α-hetero) is 1. The van der Waals surface area contributed by atoms with Crippen LogP contribution in [0, 0.1) is 0 Å². The van der Waals surface area contributed by atoms with Crippen molar-refractivity contribution in [2.24, 2.45) is 0 Å². The van der Waals surface area contributed by atoms with Gasteiger partial charge in [0.15, 0.2) is 0 Å². The molecule has 0 amide bonds. The zero-order valence-electron chi connectivity index (χ0n) is 8.10. The van der Waals surface area contributed by atoms with Gasteiger partial charge in [-0.05, 0) is 19.1 Å². The summed E-state index contributed by atoms with van der Waals surface area (Å²) in [5.41, 5.74) is 0. The largest absolute Gasteiger partial charge is 0.491 e. The molecule has 0 aliphatic carbocycles. The third-order valence-corrected chi connectivity index (χ3v) is 1.69. The van der Waals surface area contributed by atoms with Crippen LogP contribution in [-0.2, 0) is 9.90 Å². The van der Waals surface area contributed by atoms with Crippen molar-refractivity contribution in [2.75, 3.05) is 6.61 Å². The second-order valence-electron chi connectivity index (χ2n) is 3.15. The third kappa shape index (κ3) is 4.05. The van der Waals surface area contributed by atoms with E-state index in [0.717, 1.165) is 0 Å². The number of carbonyl (C=O) groups is 1. The molecule has 1 rings (SSSR count). The van der Waals surface area contributed by atoms with E-state index >= 15 is 0 Å². The average Bonchev–Trinajstić information content (AvgIpc) is 2.15. The molecule has 0 aliphatic rings. The molecule has 75 valence electrons. The van der Waals surface area contributed by atoms with Crippen LogP contribution in [0.15, 0.2) is 30.3 Å². The number of ether oxygens (including phenoxy) is 1. The minimum absolute atomic E-state index is 0.0346. The molecule has 0 spiro atoms. The molecule has 1 aromatic carbocycles. The lowest BCUT2D eigenvalue weighted by Gasteiger charge is -2.08. The highest BCUT2D eigenvalue weighted by atomic mass is 16.5. The van der Waals surface area contributed by atoms with Crippen LogP contribution in [0.1, 0.15) is 13.3 Å². The van der Waals surface area contributed by atoms with Crippen LogP contribution in [0.3, 0.4) is 0 Å². The number of hydrogen-bond acceptors (Lipinski definition) is 2. The maximum atomic E-state index is 11.2. The van der Waals surface area contributed by atoms with E-state index in [-0.39, 0.29) is 18.8 Å². The summed E-state index contributed by atoms with van der Waals surface area (Å²) >= 11 is 0. The quantitative estimate of drug-likeness (QED) is 0.716. The fraction of sp³-hybridized carbons (Fsp3) is 0.364. The molecule has 14 heavy (non-hydrogen) atoms. The predicted octanol–water partition coefficient (Wildman–Crippen LogP) is 1.84. The van der Waals surface area contributed by atoms with Crippen LogP contribution in [-0.4, -0.2) is 18.5 Å². The summed E-state index contributed by atoms with van der Waals surface area (Å²) in [5, 5.41) is 11.2. The molecule has 0 heterocycles. The second kappa shape index (κ2) is 5.40. The van der Waals surface area contributed by atoms with E-state index in [4.69, 9.17) is 4.74 Å². The predicted molar refractivity (Wildman–Crippen MR) is 51.7 cm³/mol. The lowest BCUT2D eigenvalue weighted by molar-refractivity contribution is -0.120. The molecular weight excluding hydrogens is 180 g/mol. The lowest BCUT2D eigenvalue weighted by Crippen LogP contribution is -2.18. The Kier molecular flexibility index (Phi) is 4.13. The van der Waals surface area contributed by atoms with Crippen LogP contribution >= 0.6 is 0 Å². The number of para-hydroxylation sites is 1. The highest BCUT2D eigenvalue weighted by Crippen LogP contribution is 2.09. The van der Waals surface area contributed by atoms with E-state index in [9.17, 15) is 9.90 Å². The van der Waals surface area contributed by atoms with Gasteiger partial charge in [0.1, 0.15) is 24.2 Å². The van der Waals surface area contributed by atoms with Crippen molar-refractivity contribution >= 4 is 5.78 Å². The van der Waals surface area contributed by atoms with Gasteiger partial charge in [-0.2, -0.15) is 0 Å². The summed E-state index contributed by atoms with van der Waals surface area (Å²) in [5.74, 6) is 0.568. The number of hydrogen-bond donors (Lipinski definition) is 0. The molecule has 1 radical (unpaired) electrons. The molecule has 0 aliphatic heterocycles. The molecule has 3 heteroatoms. The van der Waals surface area contributed by atoms with E-state index in [1.165, 1.54) is 6.92 Å². The number of rotatable bonds is 5. The standard InChI is InChI=1S/C11H13O3/c1-9(12)7-10(13)8-14-11-5-3-2-4-6-11/h2-6,10H,7-8H2,1H3/t10-/m1/s1. The van der Waals surface area contributed by atoms with Crippen LogP contribution in [0.2, 0.25) is 0 Å². The first-order valence-corrected chi connectivity index (χ1v) is 4.51. The minimum Gasteiger partial charge on any atom is -0.491 e. The highest BCUT2D eigenvalue weighted by Gasteiger charge is 2.09. The highest BCUT2D eigenvalue weighted by molar-refractivity contribution is 5.75. The Bertz CT molecular complexity index is 282. The van der Waals surface area contributed by atoms with Gasteiger partial charge in [0.25, 0.3) is 0 Å². The van der Waals surface area contributed by atoms with E-state index in [1.807, 2.05) is 18.2 Å². The van der Waals surface area contributed by atoms with Crippen molar-refractivity contribution in [2.45, 2.75) is 19.4 Å². The molecule has 0 N–H and O–H groups in total. The summed E-state index contributed by atoms with van der Waals surface area (Å²) in [6, 6.07) is 9.10. The smallest absolute Gasteiger partial charge is 0.134 e. The topological polar surface area (TPSA) is 46.2 Å². The molecule has 0 aromatic heterocycles. The zero-order chi connectivity index (χ0) is 10.4. The van der Waals surface area contributed by atoms with Crippen molar-refractivity contribution in [1.82, 2.24) is 0 Å². The Morgan fingerprint density at radius 2 is 2.00 bits per heavy atom. The molecule has 1 aromatic rings. The van der Waals surface area contributed by atoms with Gasteiger partial charge in [0, 0.05) is 6.42 Å². The van der Waals surface area contributed by atoms with Gasteiger partial charge >= 0.3 is 0 Å². The van der Waals surface area contributed by atoms with Crippen molar-refractivity contribution in [1.29, 1.82) is 0 Å². The van der Waals surface area contributed by atoms with Gasteiger partial charge in [-0.3, -0.25) is 4.79 Å². The van der Waals surface area contributed by atoms with Gasteiger partial charge in [0.2, 0.25) is 0 Å². The van der Waals surface area contributed by atoms with E-state index in [1.54, 1.807) is 12.1 Å². The van der Waals surface area contributed by atoms with Crippen LogP contribution < -0.4 is 4.74 Å². The van der Waals surface area contributed by atoms with Crippen molar-refractivity contribution in [3.63, 3.8) is 0 Å². The fourth-order valence-corrected chi connectivity index (χ4v) is 1.09. The molecule has 0 saturated heterocycles. The van der Waals surface area contributed by atoms with Gasteiger partial charge in [-0.25, -0.2) is 5.11 Å². The number of benzene rings is 1. The van der Waals surface area contributed by atoms with Gasteiger partial charge in [0.05, 0.1) is 0 Å². The lowest BCUT2D eigenvalue weighted by atomic mass is 10.2. The maximum absolute atomic E-state index is 11.2. The maximum Gasteiger partial charge on any atom is 0.134 e. The molecular formula is C11H13O3. The molecule has 1 atom stereocenters. The van der Waals surface area contributed by atoms with Crippen molar-refractivity contribution in [3.8, 4) is 5.75 Å². The summed E-state index contributed by atoms with van der Waals surface area (Å²) < 4.78 is 5.20. The monoisotopic (exact) mass is 193 g/mol. The molecule has 0 saturated carbocycles. The van der Waals surface area contributed by atoms with E-state index in [0.29, 0.717) is 5.75 Å². The number of ketones is 1. The Hall–Kier alpha value is -1.35. The van der Waals surface area contributed by atoms with Crippen LogP contribution in [0.4, 0.5) is 0 Å². The summed E-state index contributed by atoms with van der Waals surface area (Å²) in [4.78, 5) is 10.6. The van der Waals surface area contributed by atoms with Crippen molar-refractivity contribution < 1.29 is 14.6 Å². The fourth-order valence-electron chi connectivity index (χ4n) is 1.09. The third-order valence-electron chi connectivity index (χ3n) is 1.69. The van der Waals surface area contributed by atoms with Crippen molar-refractivity contribution in [3.05, 3.63) is 30.3 Å². The summed E-state index contributed by atoms with van der Waals surface area (Å²) in [6.07, 6.45) is -0.931. The minimum atomic E-state index is -0.965. The first-order valence-electron chi connectivity index (χ1n) is 4.51. The SMILES string of the molecule is CC(=O)C[C@@H]([O])COc1ccccc1. The summed E-state index contributed by atoms with van der Waals surface area (Å²) in [6.45, 7) is 1.46. The van der Waals surface area contributed by atoms with E-state index in [2.05, 4.69) is 0 Å². The first-order chi connectivity index (χ1) is 6.68. The Balaban J connectivity index is 2.30. The average molecular weight is 193 g/mol.